The summed E-state index contributed by atoms with van der Waals surface area (Å²) in [7, 11) is 0. The van der Waals surface area contributed by atoms with E-state index >= 15 is 0 Å². The van der Waals surface area contributed by atoms with Crippen molar-refractivity contribution in [3.8, 4) is 17.3 Å². The van der Waals surface area contributed by atoms with Gasteiger partial charge in [0.15, 0.2) is 10.4 Å². The molecule has 0 saturated heterocycles. The Hall–Kier alpha value is -3.98. The first-order valence-corrected chi connectivity index (χ1v) is 12.2. The first-order chi connectivity index (χ1) is 17.4. The van der Waals surface area contributed by atoms with E-state index in [2.05, 4.69) is 15.9 Å². The lowest BCUT2D eigenvalue weighted by Crippen LogP contribution is -2.30. The molecule has 2 amide bonds. The molecule has 0 spiro atoms. The van der Waals surface area contributed by atoms with Crippen LogP contribution >= 0.6 is 15.9 Å². The molecule has 36 heavy (non-hydrogen) atoms. The quantitative estimate of drug-likeness (QED) is 0.160. The van der Waals surface area contributed by atoms with Gasteiger partial charge in [0, 0.05) is 13.0 Å². The number of halogens is 1. The van der Waals surface area contributed by atoms with Crippen LogP contribution in [0.15, 0.2) is 79.0 Å². The highest BCUT2D eigenvalue weighted by atomic mass is 79.9. The highest BCUT2D eigenvalue weighted by Crippen LogP contribution is 2.33. The monoisotopic (exact) mass is 549 g/mol. The van der Waals surface area contributed by atoms with Gasteiger partial charge in [-0.3, -0.25) is 24.1 Å². The Morgan fingerprint density at radius 3 is 2.22 bits per heavy atom. The molecule has 0 radical (unpaired) electrons. The second-order valence-electron chi connectivity index (χ2n) is 8.28. The summed E-state index contributed by atoms with van der Waals surface area (Å²) in [5.74, 6) is -1.14. The van der Waals surface area contributed by atoms with Crippen molar-refractivity contribution in [3.63, 3.8) is 0 Å². The Morgan fingerprint density at radius 2 is 1.53 bits per heavy atom. The van der Waals surface area contributed by atoms with Crippen molar-refractivity contribution in [2.24, 2.45) is 0 Å². The predicted octanol–water partition coefficient (Wildman–Crippen LogP) is 5.58. The number of rotatable bonds is 8. The van der Waals surface area contributed by atoms with Crippen LogP contribution in [-0.2, 0) is 4.79 Å². The van der Waals surface area contributed by atoms with E-state index in [0.717, 1.165) is 0 Å². The number of nitrogens with zero attached hydrogens (tertiary/aromatic N) is 1. The number of hydrogen-bond donors (Lipinski definition) is 0. The van der Waals surface area contributed by atoms with Gasteiger partial charge in [-0.15, -0.1) is 0 Å². The Morgan fingerprint density at radius 1 is 0.833 bits per heavy atom. The minimum absolute atomic E-state index is 0.0309. The SMILES string of the molecule is O=C(CCCCCN1C(=O)c2ccccc2C1=O)Oc1c(-c2ccc(Br)o2)oc2ccccc2c1=O. The number of ether oxygens (including phenoxy) is 1. The minimum Gasteiger partial charge on any atom is -0.449 e. The maximum absolute atomic E-state index is 13.1. The standard InChI is InChI=1S/C27H20BrNO7/c28-21-14-13-20(34-21)24-25(23(31)18-10-5-6-11-19(18)35-24)36-22(30)12-2-1-7-15-29-26(32)16-8-3-4-9-17(16)27(29)33/h3-6,8-11,13-14H,1-2,7,12,15H2. The number of carbonyl (C=O) groups excluding carboxylic acids is 3. The lowest BCUT2D eigenvalue weighted by molar-refractivity contribution is -0.134. The van der Waals surface area contributed by atoms with Gasteiger partial charge in [0.2, 0.25) is 16.9 Å². The van der Waals surface area contributed by atoms with Crippen LogP contribution in [0.5, 0.6) is 5.75 Å². The Balaban J connectivity index is 1.22. The van der Waals surface area contributed by atoms with Crippen molar-refractivity contribution >= 4 is 44.7 Å². The van der Waals surface area contributed by atoms with E-state index in [9.17, 15) is 19.2 Å². The molecule has 0 unspecified atom stereocenters. The van der Waals surface area contributed by atoms with Crippen LogP contribution in [0.4, 0.5) is 0 Å². The fourth-order valence-corrected chi connectivity index (χ4v) is 4.45. The van der Waals surface area contributed by atoms with Crippen molar-refractivity contribution in [2.45, 2.75) is 25.7 Å². The number of fused-ring (bicyclic) bond motifs is 2. The van der Waals surface area contributed by atoms with E-state index in [1.54, 1.807) is 60.7 Å². The van der Waals surface area contributed by atoms with Gasteiger partial charge in [-0.25, -0.2) is 0 Å². The predicted molar refractivity (Wildman–Crippen MR) is 134 cm³/mol. The summed E-state index contributed by atoms with van der Waals surface area (Å²) >= 11 is 3.22. The van der Waals surface area contributed by atoms with Crippen molar-refractivity contribution in [3.05, 3.63) is 86.7 Å². The van der Waals surface area contributed by atoms with Crippen LogP contribution in [0.3, 0.4) is 0 Å². The molecule has 0 aliphatic carbocycles. The average molecular weight is 550 g/mol. The molecule has 1 aliphatic rings. The molecule has 0 bridgehead atoms. The summed E-state index contributed by atoms with van der Waals surface area (Å²) in [6.07, 6.45) is 1.65. The topological polar surface area (TPSA) is 107 Å². The average Bonchev–Trinajstić information content (AvgIpc) is 3.42. The lowest BCUT2D eigenvalue weighted by Gasteiger charge is -2.13. The zero-order valence-corrected chi connectivity index (χ0v) is 20.6. The zero-order valence-electron chi connectivity index (χ0n) is 19.0. The van der Waals surface area contributed by atoms with E-state index in [1.165, 1.54) is 4.90 Å². The summed E-state index contributed by atoms with van der Waals surface area (Å²) in [6.45, 7) is 0.271. The van der Waals surface area contributed by atoms with Crippen LogP contribution in [0, 0.1) is 0 Å². The molecular formula is C27H20BrNO7. The van der Waals surface area contributed by atoms with E-state index in [0.29, 0.717) is 40.6 Å². The van der Waals surface area contributed by atoms with Crippen molar-refractivity contribution < 1.29 is 28.0 Å². The number of amides is 2. The van der Waals surface area contributed by atoms with Gasteiger partial charge >= 0.3 is 5.97 Å². The largest absolute Gasteiger partial charge is 0.449 e. The number of carbonyl (C=O) groups is 3. The third-order valence-electron chi connectivity index (χ3n) is 5.91. The highest BCUT2D eigenvalue weighted by molar-refractivity contribution is 9.10. The molecule has 5 rings (SSSR count). The van der Waals surface area contributed by atoms with Crippen LogP contribution in [0.1, 0.15) is 46.4 Å². The summed E-state index contributed by atoms with van der Waals surface area (Å²) < 4.78 is 17.3. The van der Waals surface area contributed by atoms with E-state index in [1.807, 2.05) is 0 Å². The van der Waals surface area contributed by atoms with Crippen molar-refractivity contribution in [1.29, 1.82) is 0 Å². The first-order valence-electron chi connectivity index (χ1n) is 11.4. The van der Waals surface area contributed by atoms with Crippen molar-refractivity contribution in [1.82, 2.24) is 4.90 Å². The maximum atomic E-state index is 13.1. The number of furan rings is 1. The third-order valence-corrected chi connectivity index (χ3v) is 6.34. The number of para-hydroxylation sites is 1. The van der Waals surface area contributed by atoms with Gasteiger partial charge in [0.25, 0.3) is 11.8 Å². The molecular weight excluding hydrogens is 530 g/mol. The van der Waals surface area contributed by atoms with Crippen LogP contribution < -0.4 is 10.2 Å². The molecule has 1 aliphatic heterocycles. The van der Waals surface area contributed by atoms with Gasteiger partial charge in [-0.2, -0.15) is 0 Å². The van der Waals surface area contributed by atoms with Crippen LogP contribution in [-0.4, -0.2) is 29.2 Å². The first kappa shape index (κ1) is 23.7. The number of benzene rings is 2. The molecule has 0 atom stereocenters. The molecule has 2 aromatic carbocycles. The number of imide groups is 1. The smallest absolute Gasteiger partial charge is 0.311 e. The van der Waals surface area contributed by atoms with E-state index in [-0.39, 0.29) is 47.4 Å². The molecule has 0 N–H and O–H groups in total. The van der Waals surface area contributed by atoms with E-state index in [4.69, 9.17) is 13.6 Å². The van der Waals surface area contributed by atoms with Crippen molar-refractivity contribution in [2.75, 3.05) is 6.54 Å². The summed E-state index contributed by atoms with van der Waals surface area (Å²) in [4.78, 5) is 51.8. The normalized spacial score (nSPS) is 12.9. The minimum atomic E-state index is -0.592. The Kier molecular flexibility index (Phi) is 6.56. The molecule has 0 saturated carbocycles. The summed E-state index contributed by atoms with van der Waals surface area (Å²) in [5, 5.41) is 0.288. The molecule has 3 heterocycles. The van der Waals surface area contributed by atoms with Gasteiger partial charge in [-0.1, -0.05) is 30.7 Å². The summed E-state index contributed by atoms with van der Waals surface area (Å²) in [6, 6.07) is 16.7. The highest BCUT2D eigenvalue weighted by Gasteiger charge is 2.34. The maximum Gasteiger partial charge on any atom is 0.311 e. The molecule has 182 valence electrons. The fraction of sp³-hybridized carbons (Fsp3) is 0.185. The number of hydrogen-bond acceptors (Lipinski definition) is 7. The molecule has 2 aromatic heterocycles. The lowest BCUT2D eigenvalue weighted by atomic mass is 10.1. The number of unbranched alkanes of at least 4 members (excludes halogenated alkanes) is 2. The van der Waals surface area contributed by atoms with Gasteiger partial charge in [-0.05, 0) is 65.2 Å². The summed E-state index contributed by atoms with van der Waals surface area (Å²) in [5.41, 5.74) is 0.704. The Bertz CT molecular complexity index is 1520. The van der Waals surface area contributed by atoms with E-state index < -0.39 is 11.4 Å². The van der Waals surface area contributed by atoms with Crippen LogP contribution in [0.2, 0.25) is 0 Å². The second kappa shape index (κ2) is 9.94. The van der Waals surface area contributed by atoms with Gasteiger partial charge in [0.1, 0.15) is 5.58 Å². The molecule has 4 aromatic rings. The van der Waals surface area contributed by atoms with Gasteiger partial charge in [0.05, 0.1) is 16.5 Å². The molecule has 9 heteroatoms. The zero-order chi connectivity index (χ0) is 25.2. The number of esters is 1. The fourth-order valence-electron chi connectivity index (χ4n) is 4.14. The van der Waals surface area contributed by atoms with Gasteiger partial charge < -0.3 is 13.6 Å². The molecule has 8 nitrogen and oxygen atoms in total. The third kappa shape index (κ3) is 4.49. The Labute approximate surface area is 213 Å². The second-order valence-corrected chi connectivity index (χ2v) is 9.06. The van der Waals surface area contributed by atoms with Crippen LogP contribution in [0.25, 0.3) is 22.5 Å². The molecule has 0 fully saturated rings.